The number of rotatable bonds is 4. The number of nitrogens with one attached hydrogen (secondary N) is 2. The molecule has 9 aromatic rings. The van der Waals surface area contributed by atoms with Crippen LogP contribution < -0.4 is 10.6 Å². The summed E-state index contributed by atoms with van der Waals surface area (Å²) >= 11 is 0.139. The van der Waals surface area contributed by atoms with Crippen molar-refractivity contribution in [2.24, 2.45) is 4.99 Å². The number of amidine groups is 1. The molecule has 0 fully saturated rings. The summed E-state index contributed by atoms with van der Waals surface area (Å²) in [6, 6.07) is 51.3. The van der Waals surface area contributed by atoms with Crippen LogP contribution >= 0.6 is 0 Å². The summed E-state index contributed by atoms with van der Waals surface area (Å²) in [6.45, 7) is 0. The average molecular weight is 684 g/mol. The Labute approximate surface area is 282 Å². The van der Waals surface area contributed by atoms with Gasteiger partial charge in [-0.05, 0) is 6.07 Å². The van der Waals surface area contributed by atoms with Crippen molar-refractivity contribution >= 4 is 73.6 Å². The molecule has 0 spiro atoms. The van der Waals surface area contributed by atoms with Gasteiger partial charge in [-0.25, -0.2) is 0 Å². The Balaban J connectivity index is 1.11. The maximum absolute atomic E-state index is 6.28. The Bertz CT molecular complexity index is 2710. The molecule has 2 atom stereocenters. The first-order chi connectivity index (χ1) is 23.7. The zero-order chi connectivity index (χ0) is 31.6. The van der Waals surface area contributed by atoms with Crippen molar-refractivity contribution in [2.45, 2.75) is 12.3 Å². The number of nitrogens with zero attached hydrogens (tertiary/aromatic N) is 2. The van der Waals surface area contributed by atoms with Crippen LogP contribution in [0.5, 0.6) is 0 Å². The van der Waals surface area contributed by atoms with Crippen molar-refractivity contribution in [3.63, 3.8) is 0 Å². The fourth-order valence-electron chi connectivity index (χ4n) is 7.02. The van der Waals surface area contributed by atoms with E-state index in [2.05, 4.69) is 138 Å². The third-order valence-electron chi connectivity index (χ3n) is 9.36. The molecule has 0 amide bonds. The van der Waals surface area contributed by atoms with Crippen LogP contribution in [0.25, 0.3) is 63.4 Å². The summed E-state index contributed by atoms with van der Waals surface area (Å²) in [5, 5.41) is 14.7. The first-order valence-corrected chi connectivity index (χ1v) is 17.8. The van der Waals surface area contributed by atoms with E-state index in [9.17, 15) is 0 Å². The van der Waals surface area contributed by atoms with Crippen LogP contribution in [0.3, 0.4) is 0 Å². The van der Waals surface area contributed by atoms with Crippen molar-refractivity contribution in [1.82, 2.24) is 15.6 Å². The molecule has 0 saturated carbocycles. The van der Waals surface area contributed by atoms with Crippen molar-refractivity contribution < 1.29 is 4.42 Å². The van der Waals surface area contributed by atoms with Gasteiger partial charge in [0.25, 0.3) is 0 Å². The zero-order valence-corrected chi connectivity index (χ0v) is 27.4. The molecule has 6 heteroatoms. The van der Waals surface area contributed by atoms with Crippen LogP contribution in [0.4, 0.5) is 0 Å². The fraction of sp³-hybridized carbons (Fsp3) is 0.0476. The van der Waals surface area contributed by atoms with Gasteiger partial charge in [0.2, 0.25) is 0 Å². The Hall–Kier alpha value is -5.52. The molecule has 2 aromatic heterocycles. The van der Waals surface area contributed by atoms with Crippen LogP contribution in [0.15, 0.2) is 155 Å². The van der Waals surface area contributed by atoms with Gasteiger partial charge in [0.1, 0.15) is 0 Å². The van der Waals surface area contributed by atoms with Gasteiger partial charge < -0.3 is 0 Å². The average Bonchev–Trinajstić information content (AvgIpc) is 3.77. The van der Waals surface area contributed by atoms with E-state index in [4.69, 9.17) is 14.4 Å². The molecule has 10 rings (SSSR count). The van der Waals surface area contributed by atoms with E-state index in [0.717, 1.165) is 50.0 Å². The normalized spacial score (nSPS) is 16.5. The quantitative estimate of drug-likeness (QED) is 0.182. The van der Waals surface area contributed by atoms with Crippen molar-refractivity contribution in [3.8, 4) is 10.1 Å². The van der Waals surface area contributed by atoms with E-state index in [0.29, 0.717) is 0 Å². The molecule has 0 saturated heterocycles. The van der Waals surface area contributed by atoms with Crippen molar-refractivity contribution in [2.75, 3.05) is 0 Å². The molecule has 0 aliphatic carbocycles. The summed E-state index contributed by atoms with van der Waals surface area (Å²) < 4.78 is 8.81. The third kappa shape index (κ3) is 4.57. The maximum atomic E-state index is 6.28. The van der Waals surface area contributed by atoms with Gasteiger partial charge in [-0.15, -0.1) is 0 Å². The van der Waals surface area contributed by atoms with Crippen LogP contribution in [0, 0.1) is 0 Å². The summed E-state index contributed by atoms with van der Waals surface area (Å²) in [6.07, 6.45) is -0.468. The van der Waals surface area contributed by atoms with Gasteiger partial charge in [-0.3, -0.25) is 0 Å². The molecule has 2 N–H and O–H groups in total. The molecule has 48 heavy (non-hydrogen) atoms. The van der Waals surface area contributed by atoms with Gasteiger partial charge in [0.05, 0.1) is 0 Å². The van der Waals surface area contributed by atoms with Crippen molar-refractivity contribution in [1.29, 1.82) is 0 Å². The van der Waals surface area contributed by atoms with Gasteiger partial charge in [-0.1, -0.05) is 30.3 Å². The van der Waals surface area contributed by atoms with Crippen LogP contribution in [-0.2, 0) is 0 Å². The second-order valence-electron chi connectivity index (χ2n) is 12.3. The van der Waals surface area contributed by atoms with Gasteiger partial charge in [0.15, 0.2) is 0 Å². The van der Waals surface area contributed by atoms with E-state index in [-0.39, 0.29) is 26.8 Å². The summed E-state index contributed by atoms with van der Waals surface area (Å²) in [5.74, 6) is 0.857. The number of hydrogen-bond acceptors (Lipinski definition) is 5. The Morgan fingerprint density at radius 3 is 2.35 bits per heavy atom. The number of fused-ring (bicyclic) bond motifs is 7. The monoisotopic (exact) mass is 684 g/mol. The number of aromatic nitrogens is 1. The topological polar surface area (TPSA) is 62.5 Å². The molecule has 1 aliphatic heterocycles. The third-order valence-corrected chi connectivity index (χ3v) is 11.8. The van der Waals surface area contributed by atoms with Crippen LogP contribution in [0.2, 0.25) is 0 Å². The predicted octanol–water partition coefficient (Wildman–Crippen LogP) is 9.50. The standard InChI is InChI=1S/C42H28N4OSe/c1-2-10-26(11-3-1)42-43-34-22-20-28-24-30(19-21-31(28)38(34)48-42)40-44-39(29-18-17-25-9-4-5-12-27(25)23-29)45-41(46-40)33-14-8-16-36-37(33)32-13-6-7-15-35(32)47-36/h1-24,39,41,45H,(H,44,46). The van der Waals surface area contributed by atoms with Gasteiger partial charge >= 0.3 is 247 Å². The van der Waals surface area contributed by atoms with Crippen LogP contribution in [0.1, 0.15) is 29.0 Å². The molecule has 1 aliphatic rings. The predicted molar refractivity (Wildman–Crippen MR) is 198 cm³/mol. The molecule has 228 valence electrons. The van der Waals surface area contributed by atoms with Gasteiger partial charge in [-0.2, -0.15) is 0 Å². The van der Waals surface area contributed by atoms with Crippen LogP contribution in [-0.4, -0.2) is 25.3 Å². The zero-order valence-electron chi connectivity index (χ0n) is 25.7. The minimum absolute atomic E-state index is 0.139. The number of furan rings is 1. The second-order valence-corrected chi connectivity index (χ2v) is 14.4. The van der Waals surface area contributed by atoms with E-state index < -0.39 is 0 Å². The van der Waals surface area contributed by atoms with E-state index in [1.807, 2.05) is 18.2 Å². The molecule has 7 aromatic carbocycles. The molecule has 3 heterocycles. The number of benzene rings is 7. The summed E-state index contributed by atoms with van der Waals surface area (Å²) in [7, 11) is 0. The Morgan fingerprint density at radius 2 is 1.42 bits per heavy atom. The summed E-state index contributed by atoms with van der Waals surface area (Å²) in [4.78, 5) is 10.3. The van der Waals surface area contributed by atoms with E-state index in [1.165, 1.54) is 35.9 Å². The number of para-hydroxylation sites is 1. The van der Waals surface area contributed by atoms with E-state index in [1.54, 1.807) is 0 Å². The Kier molecular flexibility index (Phi) is 6.34. The summed E-state index contributed by atoms with van der Waals surface area (Å²) in [5.41, 5.74) is 7.36. The molecule has 0 radical (unpaired) electrons. The van der Waals surface area contributed by atoms with Gasteiger partial charge in [0, 0.05) is 0 Å². The molecule has 0 bridgehead atoms. The first-order valence-electron chi connectivity index (χ1n) is 16.1. The number of aliphatic imine (C=N–C) groups is 1. The van der Waals surface area contributed by atoms with E-state index >= 15 is 0 Å². The molecule has 2 unspecified atom stereocenters. The Morgan fingerprint density at radius 1 is 0.604 bits per heavy atom. The first kappa shape index (κ1) is 27.6. The molecular weight excluding hydrogens is 655 g/mol. The molecule has 5 nitrogen and oxygen atoms in total. The second kappa shape index (κ2) is 11.0. The minimum atomic E-state index is -0.259. The van der Waals surface area contributed by atoms with Crippen molar-refractivity contribution in [3.05, 3.63) is 162 Å². The fourth-order valence-corrected chi connectivity index (χ4v) is 9.34. The molecular formula is C42H28N4OSe. The number of hydrogen-bond donors (Lipinski definition) is 2. The SMILES string of the molecule is c1ccc(-c2nc3ccc4cc(C5=NC(c6ccc7ccccc7c6)NC(c6cccc7oc8ccccc8c67)N5)ccc4c3[se]2)cc1.